The predicted octanol–water partition coefficient (Wildman–Crippen LogP) is 6.04. The van der Waals surface area contributed by atoms with Gasteiger partial charge in [0.05, 0.1) is 18.8 Å². The van der Waals surface area contributed by atoms with Crippen LogP contribution >= 0.6 is 0 Å². The molecule has 0 bridgehead atoms. The Balaban J connectivity index is 1.53. The van der Waals surface area contributed by atoms with Gasteiger partial charge in [-0.15, -0.1) is 0 Å². The summed E-state index contributed by atoms with van der Waals surface area (Å²) in [5.41, 5.74) is 3.18. The summed E-state index contributed by atoms with van der Waals surface area (Å²) in [5, 5.41) is 0. The van der Waals surface area contributed by atoms with Crippen molar-refractivity contribution >= 4 is 17.8 Å². The van der Waals surface area contributed by atoms with Crippen LogP contribution in [0, 0.1) is 0 Å². The van der Waals surface area contributed by atoms with E-state index in [4.69, 9.17) is 18.9 Å². The molecule has 0 saturated carbocycles. The van der Waals surface area contributed by atoms with Crippen LogP contribution in [0.4, 0.5) is 0 Å². The lowest BCUT2D eigenvalue weighted by Crippen LogP contribution is -2.00. The molecule has 3 aromatic rings. The van der Waals surface area contributed by atoms with Gasteiger partial charge in [0.2, 0.25) is 0 Å². The molecule has 5 heteroatoms. The highest BCUT2D eigenvalue weighted by Crippen LogP contribution is 2.32. The van der Waals surface area contributed by atoms with Crippen molar-refractivity contribution in [1.82, 2.24) is 0 Å². The summed E-state index contributed by atoms with van der Waals surface area (Å²) in [6.07, 6.45) is 3.53. The van der Waals surface area contributed by atoms with Crippen LogP contribution in [0.15, 0.2) is 84.4 Å². The molecular weight excluding hydrogens is 416 g/mol. The van der Waals surface area contributed by atoms with Gasteiger partial charge >= 0.3 is 5.97 Å². The maximum Gasteiger partial charge on any atom is 0.343 e. The van der Waals surface area contributed by atoms with E-state index in [1.165, 1.54) is 0 Å². The number of cyclic esters (lactones) is 1. The zero-order chi connectivity index (χ0) is 23.0. The quantitative estimate of drug-likeness (QED) is 0.299. The van der Waals surface area contributed by atoms with Gasteiger partial charge in [0.25, 0.3) is 0 Å². The molecule has 0 aliphatic carbocycles. The highest BCUT2D eigenvalue weighted by atomic mass is 16.5. The number of rotatable bonds is 9. The van der Waals surface area contributed by atoms with Crippen LogP contribution in [0.1, 0.15) is 30.5 Å². The van der Waals surface area contributed by atoms with E-state index in [1.54, 1.807) is 12.2 Å². The Bertz CT molecular complexity index is 1160. The molecule has 1 heterocycles. The lowest BCUT2D eigenvalue weighted by atomic mass is 10.1. The molecule has 0 unspecified atom stereocenters. The van der Waals surface area contributed by atoms with Crippen LogP contribution in [-0.4, -0.2) is 19.2 Å². The summed E-state index contributed by atoms with van der Waals surface area (Å²) >= 11 is 0. The van der Waals surface area contributed by atoms with Crippen LogP contribution in [-0.2, 0) is 16.1 Å². The summed E-state index contributed by atoms with van der Waals surface area (Å²) in [7, 11) is 0. The Morgan fingerprint density at radius 1 is 0.818 bits per heavy atom. The van der Waals surface area contributed by atoms with Gasteiger partial charge in [0.1, 0.15) is 18.1 Å². The second-order valence-electron chi connectivity index (χ2n) is 7.37. The smallest absolute Gasteiger partial charge is 0.343 e. The standard InChI is InChI=1S/C28H26O5/c1-3-30-24-13-11-22(12-14-24)26-18-23(28(29)33-26)16-21-10-15-25(27(17-21)31-4-2)32-19-20-8-6-5-7-9-20/h5-18H,3-4,19H2,1-2H3/b23-16-. The van der Waals surface area contributed by atoms with Gasteiger partial charge in [-0.25, -0.2) is 4.79 Å². The lowest BCUT2D eigenvalue weighted by Gasteiger charge is -2.13. The predicted molar refractivity (Wildman–Crippen MR) is 128 cm³/mol. The molecule has 0 atom stereocenters. The Labute approximate surface area is 193 Å². The molecule has 33 heavy (non-hydrogen) atoms. The van der Waals surface area contributed by atoms with E-state index in [-0.39, 0.29) is 5.97 Å². The molecule has 3 aromatic carbocycles. The van der Waals surface area contributed by atoms with Crippen molar-refractivity contribution in [2.75, 3.05) is 13.2 Å². The summed E-state index contributed by atoms with van der Waals surface area (Å²) in [6.45, 7) is 5.41. The Morgan fingerprint density at radius 3 is 2.30 bits per heavy atom. The third-order valence-corrected chi connectivity index (χ3v) is 5.00. The summed E-state index contributed by atoms with van der Waals surface area (Å²) in [6, 6.07) is 23.0. The number of ether oxygens (including phenoxy) is 4. The van der Waals surface area contributed by atoms with Gasteiger partial charge < -0.3 is 18.9 Å². The van der Waals surface area contributed by atoms with Crippen LogP contribution < -0.4 is 14.2 Å². The van der Waals surface area contributed by atoms with Crippen LogP contribution in [0.5, 0.6) is 17.2 Å². The van der Waals surface area contributed by atoms with Gasteiger partial charge in [-0.2, -0.15) is 0 Å². The highest BCUT2D eigenvalue weighted by molar-refractivity contribution is 6.05. The van der Waals surface area contributed by atoms with Crippen molar-refractivity contribution in [3.8, 4) is 17.2 Å². The monoisotopic (exact) mass is 442 g/mol. The molecule has 4 rings (SSSR count). The van der Waals surface area contributed by atoms with E-state index in [9.17, 15) is 4.79 Å². The van der Waals surface area contributed by atoms with Crippen molar-refractivity contribution in [1.29, 1.82) is 0 Å². The second kappa shape index (κ2) is 10.6. The molecule has 0 saturated heterocycles. The van der Waals surface area contributed by atoms with Gasteiger partial charge in [0.15, 0.2) is 11.5 Å². The molecule has 1 aliphatic rings. The van der Waals surface area contributed by atoms with Crippen molar-refractivity contribution in [2.45, 2.75) is 20.5 Å². The van der Waals surface area contributed by atoms with Crippen molar-refractivity contribution in [3.05, 3.63) is 101 Å². The normalized spacial score (nSPS) is 14.1. The van der Waals surface area contributed by atoms with Crippen molar-refractivity contribution in [2.24, 2.45) is 0 Å². The zero-order valence-corrected chi connectivity index (χ0v) is 18.7. The SMILES string of the molecule is CCOc1ccc(C2=C/C(=C/c3ccc(OCc4ccccc4)c(OCC)c3)C(=O)O2)cc1. The van der Waals surface area contributed by atoms with E-state index < -0.39 is 0 Å². The summed E-state index contributed by atoms with van der Waals surface area (Å²) in [4.78, 5) is 12.4. The van der Waals surface area contributed by atoms with Crippen molar-refractivity contribution in [3.63, 3.8) is 0 Å². The van der Waals surface area contributed by atoms with E-state index >= 15 is 0 Å². The largest absolute Gasteiger partial charge is 0.494 e. The fourth-order valence-electron chi connectivity index (χ4n) is 3.43. The van der Waals surface area contributed by atoms with E-state index in [2.05, 4.69) is 0 Å². The first-order valence-electron chi connectivity index (χ1n) is 11.0. The Kier molecular flexibility index (Phi) is 7.10. The van der Waals surface area contributed by atoms with Crippen LogP contribution in [0.25, 0.3) is 11.8 Å². The summed E-state index contributed by atoms with van der Waals surface area (Å²) in [5.74, 6) is 2.19. The molecule has 0 amide bonds. The second-order valence-corrected chi connectivity index (χ2v) is 7.37. The van der Waals surface area contributed by atoms with E-state index in [0.29, 0.717) is 42.7 Å². The maximum atomic E-state index is 12.4. The Hall–Kier alpha value is -3.99. The lowest BCUT2D eigenvalue weighted by molar-refractivity contribution is -0.130. The number of benzene rings is 3. The average molecular weight is 443 g/mol. The molecular formula is C28H26O5. The number of hydrogen-bond acceptors (Lipinski definition) is 5. The minimum absolute atomic E-state index is 0.388. The maximum absolute atomic E-state index is 12.4. The van der Waals surface area contributed by atoms with Gasteiger partial charge in [-0.1, -0.05) is 36.4 Å². The average Bonchev–Trinajstić information content (AvgIpc) is 3.20. The minimum Gasteiger partial charge on any atom is -0.494 e. The third-order valence-electron chi connectivity index (χ3n) is 5.00. The number of esters is 1. The number of carbonyl (C=O) groups excluding carboxylic acids is 1. The zero-order valence-electron chi connectivity index (χ0n) is 18.7. The van der Waals surface area contributed by atoms with Crippen LogP contribution in [0.2, 0.25) is 0 Å². The molecule has 0 N–H and O–H groups in total. The fraction of sp³-hybridized carbons (Fsp3) is 0.179. The first-order valence-corrected chi connectivity index (χ1v) is 11.0. The van der Waals surface area contributed by atoms with E-state index in [1.807, 2.05) is 86.6 Å². The molecule has 0 aromatic heterocycles. The highest BCUT2D eigenvalue weighted by Gasteiger charge is 2.22. The molecule has 1 aliphatic heterocycles. The Morgan fingerprint density at radius 2 is 1.58 bits per heavy atom. The van der Waals surface area contributed by atoms with Crippen LogP contribution in [0.3, 0.4) is 0 Å². The van der Waals surface area contributed by atoms with Gasteiger partial charge in [0, 0.05) is 5.56 Å². The van der Waals surface area contributed by atoms with E-state index in [0.717, 1.165) is 22.4 Å². The molecule has 168 valence electrons. The number of carbonyl (C=O) groups is 1. The van der Waals surface area contributed by atoms with Gasteiger partial charge in [-0.3, -0.25) is 0 Å². The molecule has 0 radical (unpaired) electrons. The molecule has 5 nitrogen and oxygen atoms in total. The molecule has 0 spiro atoms. The fourth-order valence-corrected chi connectivity index (χ4v) is 3.43. The topological polar surface area (TPSA) is 54.0 Å². The van der Waals surface area contributed by atoms with Crippen molar-refractivity contribution < 1.29 is 23.7 Å². The van der Waals surface area contributed by atoms with Gasteiger partial charge in [-0.05, 0) is 73.5 Å². The minimum atomic E-state index is -0.388. The first kappa shape index (κ1) is 22.2. The third kappa shape index (κ3) is 5.63. The first-order chi connectivity index (χ1) is 16.2. The molecule has 0 fully saturated rings. The number of hydrogen-bond donors (Lipinski definition) is 0. The summed E-state index contributed by atoms with van der Waals surface area (Å²) < 4.78 is 22.7.